The molecule has 0 aromatic heterocycles. The largest absolute Gasteiger partial charge is 0.456 e. The molecule has 136 valence electrons. The minimum absolute atomic E-state index is 0.0164. The van der Waals surface area contributed by atoms with Gasteiger partial charge in [0.2, 0.25) is 0 Å². The van der Waals surface area contributed by atoms with Crippen molar-refractivity contribution in [2.75, 3.05) is 6.61 Å². The summed E-state index contributed by atoms with van der Waals surface area (Å²) >= 11 is 5.77. The lowest BCUT2D eigenvalue weighted by molar-refractivity contribution is -0.148. The number of ketones is 1. The average molecular weight is 374 g/mol. The van der Waals surface area contributed by atoms with E-state index in [2.05, 4.69) is 5.32 Å². The number of rotatable bonds is 8. The lowest BCUT2D eigenvalue weighted by atomic mass is 10.1. The summed E-state index contributed by atoms with van der Waals surface area (Å²) in [6.45, 7) is 1.48. The molecule has 0 saturated carbocycles. The second kappa shape index (κ2) is 9.73. The first-order valence-electron chi connectivity index (χ1n) is 8.24. The molecule has 0 saturated heterocycles. The maximum absolute atomic E-state index is 12.0. The molecule has 26 heavy (non-hydrogen) atoms. The fourth-order valence-corrected chi connectivity index (χ4v) is 2.45. The van der Waals surface area contributed by atoms with E-state index in [0.29, 0.717) is 10.6 Å². The van der Waals surface area contributed by atoms with Crippen LogP contribution in [0.25, 0.3) is 0 Å². The van der Waals surface area contributed by atoms with Crippen molar-refractivity contribution in [2.45, 2.75) is 25.8 Å². The summed E-state index contributed by atoms with van der Waals surface area (Å²) in [5.74, 6) is -1.16. The van der Waals surface area contributed by atoms with Crippen LogP contribution in [0.4, 0.5) is 0 Å². The van der Waals surface area contributed by atoms with Crippen molar-refractivity contribution in [3.63, 3.8) is 0 Å². The highest BCUT2D eigenvalue weighted by atomic mass is 35.5. The topological polar surface area (TPSA) is 72.5 Å². The highest BCUT2D eigenvalue weighted by molar-refractivity contribution is 6.30. The van der Waals surface area contributed by atoms with E-state index in [1.165, 1.54) is 0 Å². The molecule has 1 amide bonds. The van der Waals surface area contributed by atoms with E-state index in [0.717, 1.165) is 5.56 Å². The number of esters is 1. The molecule has 2 rings (SSSR count). The lowest BCUT2D eigenvalue weighted by Gasteiger charge is -2.14. The Morgan fingerprint density at radius 3 is 2.31 bits per heavy atom. The first kappa shape index (κ1) is 19.7. The zero-order valence-electron chi connectivity index (χ0n) is 14.4. The molecule has 0 aliphatic carbocycles. The van der Waals surface area contributed by atoms with Crippen LogP contribution >= 0.6 is 11.6 Å². The summed E-state index contributed by atoms with van der Waals surface area (Å²) in [5.41, 5.74) is 1.44. The SMILES string of the molecule is C[C@H](NC(=O)COC(=O)CCC(=O)c1ccc(Cl)cc1)c1ccccc1. The van der Waals surface area contributed by atoms with Gasteiger partial charge >= 0.3 is 5.97 Å². The van der Waals surface area contributed by atoms with Crippen LogP contribution in [-0.2, 0) is 14.3 Å². The molecular formula is C20H20ClNO4. The number of Topliss-reactive ketones (excluding diaryl/α,β-unsaturated/α-hetero) is 1. The fourth-order valence-electron chi connectivity index (χ4n) is 2.32. The maximum Gasteiger partial charge on any atom is 0.306 e. The van der Waals surface area contributed by atoms with Crippen LogP contribution in [-0.4, -0.2) is 24.3 Å². The molecule has 6 heteroatoms. The van der Waals surface area contributed by atoms with Gasteiger partial charge in [0.25, 0.3) is 5.91 Å². The number of benzene rings is 2. The number of carbonyl (C=O) groups excluding carboxylic acids is 3. The van der Waals surface area contributed by atoms with E-state index >= 15 is 0 Å². The Kier molecular flexibility index (Phi) is 7.36. The van der Waals surface area contributed by atoms with Crippen LogP contribution in [0, 0.1) is 0 Å². The van der Waals surface area contributed by atoms with Crippen molar-refractivity contribution in [2.24, 2.45) is 0 Å². The van der Waals surface area contributed by atoms with Crippen molar-refractivity contribution in [1.82, 2.24) is 5.32 Å². The van der Waals surface area contributed by atoms with Crippen molar-refractivity contribution >= 4 is 29.3 Å². The number of carbonyl (C=O) groups is 3. The first-order valence-corrected chi connectivity index (χ1v) is 8.62. The molecule has 0 spiro atoms. The van der Waals surface area contributed by atoms with Crippen LogP contribution < -0.4 is 5.32 Å². The molecule has 1 N–H and O–H groups in total. The van der Waals surface area contributed by atoms with Gasteiger partial charge < -0.3 is 10.1 Å². The first-order chi connectivity index (χ1) is 12.5. The number of halogens is 1. The molecule has 2 aromatic rings. The summed E-state index contributed by atoms with van der Waals surface area (Å²) in [6, 6.07) is 15.7. The van der Waals surface area contributed by atoms with Gasteiger partial charge in [0.15, 0.2) is 12.4 Å². The van der Waals surface area contributed by atoms with Gasteiger partial charge in [0, 0.05) is 17.0 Å². The van der Waals surface area contributed by atoms with Crippen LogP contribution in [0.2, 0.25) is 5.02 Å². The van der Waals surface area contributed by atoms with Crippen LogP contribution in [0.5, 0.6) is 0 Å². The van der Waals surface area contributed by atoms with Gasteiger partial charge in [-0.1, -0.05) is 41.9 Å². The molecule has 0 fully saturated rings. The van der Waals surface area contributed by atoms with Crippen molar-refractivity contribution < 1.29 is 19.1 Å². The Bertz CT molecular complexity index is 759. The second-order valence-corrected chi connectivity index (χ2v) is 6.23. The predicted molar refractivity (Wildman–Crippen MR) is 99.0 cm³/mol. The van der Waals surface area contributed by atoms with Gasteiger partial charge in [0.1, 0.15) is 0 Å². The van der Waals surface area contributed by atoms with Crippen LogP contribution in [0.1, 0.15) is 41.7 Å². The molecule has 2 aromatic carbocycles. The fraction of sp³-hybridized carbons (Fsp3) is 0.250. The highest BCUT2D eigenvalue weighted by Crippen LogP contribution is 2.12. The van der Waals surface area contributed by atoms with Gasteiger partial charge in [-0.25, -0.2) is 0 Å². The van der Waals surface area contributed by atoms with Crippen molar-refractivity contribution in [3.05, 3.63) is 70.7 Å². The minimum atomic E-state index is -0.588. The van der Waals surface area contributed by atoms with Crippen molar-refractivity contribution in [3.8, 4) is 0 Å². The third-order valence-corrected chi connectivity index (χ3v) is 4.02. The van der Waals surface area contributed by atoms with Crippen LogP contribution in [0.15, 0.2) is 54.6 Å². The number of hydrogen-bond acceptors (Lipinski definition) is 4. The molecule has 0 bridgehead atoms. The molecule has 0 unspecified atom stereocenters. The molecule has 0 heterocycles. The Hall–Kier alpha value is -2.66. The van der Waals surface area contributed by atoms with E-state index in [9.17, 15) is 14.4 Å². The summed E-state index contributed by atoms with van der Waals surface area (Å²) in [6.07, 6.45) is -0.0640. The average Bonchev–Trinajstić information content (AvgIpc) is 2.65. The summed E-state index contributed by atoms with van der Waals surface area (Å²) in [4.78, 5) is 35.5. The molecule has 0 aliphatic rings. The smallest absolute Gasteiger partial charge is 0.306 e. The highest BCUT2D eigenvalue weighted by Gasteiger charge is 2.13. The van der Waals surface area contributed by atoms with E-state index in [1.807, 2.05) is 37.3 Å². The van der Waals surface area contributed by atoms with Gasteiger partial charge in [-0.3, -0.25) is 14.4 Å². The van der Waals surface area contributed by atoms with Crippen molar-refractivity contribution in [1.29, 1.82) is 0 Å². The minimum Gasteiger partial charge on any atom is -0.456 e. The zero-order chi connectivity index (χ0) is 18.9. The summed E-state index contributed by atoms with van der Waals surface area (Å²) < 4.78 is 4.92. The van der Waals surface area contributed by atoms with E-state index in [1.54, 1.807) is 24.3 Å². The number of amides is 1. The molecule has 0 aliphatic heterocycles. The maximum atomic E-state index is 12.0. The van der Waals surface area contributed by atoms with Gasteiger partial charge in [-0.15, -0.1) is 0 Å². The molecule has 1 atom stereocenters. The van der Waals surface area contributed by atoms with E-state index in [-0.39, 0.29) is 31.3 Å². The number of ether oxygens (including phenoxy) is 1. The molecular weight excluding hydrogens is 354 g/mol. The van der Waals surface area contributed by atoms with E-state index in [4.69, 9.17) is 16.3 Å². The second-order valence-electron chi connectivity index (χ2n) is 5.79. The summed E-state index contributed by atoms with van der Waals surface area (Å²) in [5, 5.41) is 3.29. The lowest BCUT2D eigenvalue weighted by Crippen LogP contribution is -2.31. The predicted octanol–water partition coefficient (Wildman–Crippen LogP) is 3.72. The zero-order valence-corrected chi connectivity index (χ0v) is 15.2. The normalized spacial score (nSPS) is 11.5. The Morgan fingerprint density at radius 2 is 1.65 bits per heavy atom. The monoisotopic (exact) mass is 373 g/mol. The van der Waals surface area contributed by atoms with Crippen LogP contribution in [0.3, 0.4) is 0 Å². The summed E-state index contributed by atoms with van der Waals surface area (Å²) in [7, 11) is 0. The Balaban J connectivity index is 1.70. The quantitative estimate of drug-likeness (QED) is 0.565. The molecule has 5 nitrogen and oxygen atoms in total. The third kappa shape index (κ3) is 6.33. The Labute approximate surface area is 157 Å². The van der Waals surface area contributed by atoms with Gasteiger partial charge in [-0.05, 0) is 36.8 Å². The number of nitrogens with one attached hydrogen (secondary N) is 1. The van der Waals surface area contributed by atoms with Gasteiger partial charge in [0.05, 0.1) is 12.5 Å². The van der Waals surface area contributed by atoms with Gasteiger partial charge in [-0.2, -0.15) is 0 Å². The molecule has 0 radical (unpaired) electrons. The standard InChI is InChI=1S/C20H20ClNO4/c1-14(15-5-3-2-4-6-15)22-19(24)13-26-20(25)12-11-18(23)16-7-9-17(21)10-8-16/h2-10,14H,11-13H2,1H3,(H,22,24)/t14-/m0/s1. The Morgan fingerprint density at radius 1 is 1.00 bits per heavy atom. The third-order valence-electron chi connectivity index (χ3n) is 3.76. The van der Waals surface area contributed by atoms with E-state index < -0.39 is 11.9 Å². The number of hydrogen-bond donors (Lipinski definition) is 1.